The van der Waals surface area contributed by atoms with Crippen molar-refractivity contribution in [3.05, 3.63) is 158 Å². The second kappa shape index (κ2) is 10.6. The van der Waals surface area contributed by atoms with Gasteiger partial charge in [-0.25, -0.2) is 4.98 Å². The third kappa shape index (κ3) is 4.15. The number of benzene rings is 7. The molecule has 0 saturated carbocycles. The topological polar surface area (TPSA) is 16.1 Å². The van der Waals surface area contributed by atoms with Crippen LogP contribution in [-0.4, -0.2) is 4.98 Å². The Hall–Kier alpha value is -5.42. The second-order valence-corrected chi connectivity index (χ2v) is 14.1. The third-order valence-corrected chi connectivity index (χ3v) is 11.5. The molecule has 220 valence electrons. The average molecular weight is 635 g/mol. The molecule has 0 amide bonds. The summed E-state index contributed by atoms with van der Waals surface area (Å²) in [5.74, 6) is 0. The Balaban J connectivity index is 1.29. The summed E-state index contributed by atoms with van der Waals surface area (Å²) in [6.45, 7) is 0. The monoisotopic (exact) mass is 634 g/mol. The highest BCUT2D eigenvalue weighted by atomic mass is 32.2. The normalized spacial score (nSPS) is 12.6. The van der Waals surface area contributed by atoms with Crippen molar-refractivity contribution in [1.29, 1.82) is 0 Å². The zero-order chi connectivity index (χ0) is 30.9. The Kier molecular flexibility index (Phi) is 6.01. The Morgan fingerprint density at radius 1 is 0.489 bits per heavy atom. The number of thiophene rings is 1. The van der Waals surface area contributed by atoms with Crippen molar-refractivity contribution in [1.82, 2.24) is 4.98 Å². The summed E-state index contributed by atoms with van der Waals surface area (Å²) in [5.41, 5.74) is 9.22. The van der Waals surface area contributed by atoms with Crippen molar-refractivity contribution in [2.75, 3.05) is 4.90 Å². The number of hydrogen-bond acceptors (Lipinski definition) is 4. The molecular weight excluding hydrogens is 609 g/mol. The summed E-state index contributed by atoms with van der Waals surface area (Å²) in [4.78, 5) is 10.2. The lowest BCUT2D eigenvalue weighted by atomic mass is 9.92. The molecular formula is C43H26N2S2. The predicted octanol–water partition coefficient (Wildman–Crippen LogP) is 13.0. The largest absolute Gasteiger partial charge is 0.308 e. The van der Waals surface area contributed by atoms with Gasteiger partial charge in [0.2, 0.25) is 0 Å². The molecule has 0 radical (unpaired) electrons. The van der Waals surface area contributed by atoms with Gasteiger partial charge in [0.05, 0.1) is 22.6 Å². The molecule has 1 aliphatic rings. The molecule has 3 heterocycles. The molecule has 4 heteroatoms. The number of anilines is 3. The highest BCUT2D eigenvalue weighted by molar-refractivity contribution is 7.99. The first kappa shape index (κ1) is 26.8. The smallest absolute Gasteiger partial charge is 0.0788 e. The molecule has 47 heavy (non-hydrogen) atoms. The fraction of sp³-hybridized carbons (Fsp3) is 0. The lowest BCUT2D eigenvalue weighted by Crippen LogP contribution is -2.14. The van der Waals surface area contributed by atoms with E-state index in [2.05, 4.69) is 163 Å². The van der Waals surface area contributed by atoms with Gasteiger partial charge in [0.15, 0.2) is 0 Å². The summed E-state index contributed by atoms with van der Waals surface area (Å²) < 4.78 is 2.62. The van der Waals surface area contributed by atoms with E-state index in [1.807, 2.05) is 23.1 Å². The van der Waals surface area contributed by atoms with E-state index in [4.69, 9.17) is 4.98 Å². The minimum Gasteiger partial charge on any atom is -0.308 e. The van der Waals surface area contributed by atoms with Crippen LogP contribution in [0.1, 0.15) is 0 Å². The molecule has 0 bridgehead atoms. The maximum atomic E-state index is 5.31. The van der Waals surface area contributed by atoms with Crippen molar-refractivity contribution >= 4 is 82.0 Å². The van der Waals surface area contributed by atoms with Gasteiger partial charge in [-0.2, -0.15) is 0 Å². The molecule has 9 aromatic rings. The van der Waals surface area contributed by atoms with Crippen LogP contribution in [-0.2, 0) is 0 Å². The Bertz CT molecular complexity index is 2660. The first-order valence-electron chi connectivity index (χ1n) is 15.8. The zero-order valence-electron chi connectivity index (χ0n) is 25.2. The number of fused-ring (bicyclic) bond motifs is 9. The lowest BCUT2D eigenvalue weighted by Gasteiger charge is -2.33. The number of para-hydroxylation sites is 3. The summed E-state index contributed by atoms with van der Waals surface area (Å²) >= 11 is 3.75. The lowest BCUT2D eigenvalue weighted by molar-refractivity contribution is 1.17. The van der Waals surface area contributed by atoms with E-state index < -0.39 is 0 Å². The van der Waals surface area contributed by atoms with Crippen molar-refractivity contribution in [2.24, 2.45) is 0 Å². The third-order valence-electron chi connectivity index (χ3n) is 9.21. The molecule has 7 aromatic carbocycles. The number of pyridine rings is 1. The molecule has 10 rings (SSSR count). The van der Waals surface area contributed by atoms with Gasteiger partial charge in [-0.05, 0) is 60.2 Å². The quantitative estimate of drug-likeness (QED) is 0.180. The highest BCUT2D eigenvalue weighted by Crippen LogP contribution is 2.53. The SMILES string of the molecule is c1ccc(-c2nc3ccccc3c3c2cc(-c2ccc4c(c2)Sc2ccccc2N4c2ccccc2)c2sc4ccccc4c23)cc1. The van der Waals surface area contributed by atoms with Gasteiger partial charge in [0, 0.05) is 62.9 Å². The van der Waals surface area contributed by atoms with Crippen molar-refractivity contribution in [3.63, 3.8) is 0 Å². The van der Waals surface area contributed by atoms with Crippen molar-refractivity contribution < 1.29 is 0 Å². The van der Waals surface area contributed by atoms with Gasteiger partial charge in [-0.3, -0.25) is 0 Å². The van der Waals surface area contributed by atoms with Crippen LogP contribution in [0.2, 0.25) is 0 Å². The van der Waals surface area contributed by atoms with Gasteiger partial charge < -0.3 is 4.90 Å². The van der Waals surface area contributed by atoms with Crippen molar-refractivity contribution in [3.8, 4) is 22.4 Å². The molecule has 2 aromatic heterocycles. The first-order chi connectivity index (χ1) is 23.3. The maximum absolute atomic E-state index is 5.31. The van der Waals surface area contributed by atoms with Gasteiger partial charge in [-0.1, -0.05) is 115 Å². The Morgan fingerprint density at radius 3 is 2.06 bits per heavy atom. The highest BCUT2D eigenvalue weighted by Gasteiger charge is 2.26. The molecule has 0 saturated heterocycles. The molecule has 2 nitrogen and oxygen atoms in total. The zero-order valence-corrected chi connectivity index (χ0v) is 26.9. The Labute approximate surface area is 280 Å². The molecule has 0 atom stereocenters. The molecule has 0 aliphatic carbocycles. The predicted molar refractivity (Wildman–Crippen MR) is 202 cm³/mol. The van der Waals surface area contributed by atoms with Crippen LogP contribution in [0.3, 0.4) is 0 Å². The van der Waals surface area contributed by atoms with E-state index in [-0.39, 0.29) is 0 Å². The van der Waals surface area contributed by atoms with Gasteiger partial charge in [0.25, 0.3) is 0 Å². The van der Waals surface area contributed by atoms with Gasteiger partial charge in [-0.15, -0.1) is 11.3 Å². The second-order valence-electron chi connectivity index (χ2n) is 11.9. The summed E-state index contributed by atoms with van der Waals surface area (Å²) in [6.07, 6.45) is 0. The van der Waals surface area contributed by atoms with E-state index in [0.717, 1.165) is 22.5 Å². The van der Waals surface area contributed by atoms with Crippen LogP contribution in [0.5, 0.6) is 0 Å². The Morgan fingerprint density at radius 2 is 1.19 bits per heavy atom. The van der Waals surface area contributed by atoms with Crippen LogP contribution < -0.4 is 4.90 Å². The van der Waals surface area contributed by atoms with Crippen LogP contribution in [0.25, 0.3) is 64.2 Å². The van der Waals surface area contributed by atoms with Gasteiger partial charge in [0.1, 0.15) is 0 Å². The van der Waals surface area contributed by atoms with Crippen LogP contribution >= 0.6 is 23.1 Å². The minimum atomic E-state index is 1.02. The average Bonchev–Trinajstić information content (AvgIpc) is 3.53. The number of aromatic nitrogens is 1. The summed E-state index contributed by atoms with van der Waals surface area (Å²) in [6, 6.07) is 56.9. The number of nitrogens with zero attached hydrogens (tertiary/aromatic N) is 2. The van der Waals surface area contributed by atoms with E-state index in [9.17, 15) is 0 Å². The number of rotatable bonds is 3. The first-order valence-corrected chi connectivity index (χ1v) is 17.4. The van der Waals surface area contributed by atoms with Crippen LogP contribution in [0.15, 0.2) is 168 Å². The van der Waals surface area contributed by atoms with E-state index in [1.54, 1.807) is 0 Å². The van der Waals surface area contributed by atoms with Gasteiger partial charge >= 0.3 is 0 Å². The van der Waals surface area contributed by atoms with E-state index in [0.29, 0.717) is 0 Å². The fourth-order valence-electron chi connectivity index (χ4n) is 7.14. The fourth-order valence-corrected chi connectivity index (χ4v) is 9.48. The standard InChI is InChI=1S/C43H26N2S2/c1-3-13-27(14-4-1)42-33-26-32(43-41(31-18-8-11-21-37(31)47-43)40(33)30-17-7-9-19-34(30)44-42)28-23-24-36-39(25-28)46-38-22-12-10-20-35(38)45(36)29-15-5-2-6-16-29/h1-26H. The van der Waals surface area contributed by atoms with Crippen molar-refractivity contribution in [2.45, 2.75) is 9.79 Å². The molecule has 0 N–H and O–H groups in total. The summed E-state index contributed by atoms with van der Waals surface area (Å²) in [5, 5.41) is 6.27. The number of hydrogen-bond donors (Lipinski definition) is 0. The molecule has 0 unspecified atom stereocenters. The molecule has 0 spiro atoms. The maximum Gasteiger partial charge on any atom is 0.0788 e. The van der Waals surface area contributed by atoms with E-state index >= 15 is 0 Å². The minimum absolute atomic E-state index is 1.02. The summed E-state index contributed by atoms with van der Waals surface area (Å²) in [7, 11) is 0. The van der Waals surface area contributed by atoms with Crippen LogP contribution in [0.4, 0.5) is 17.1 Å². The van der Waals surface area contributed by atoms with E-state index in [1.165, 1.54) is 68.6 Å². The molecule has 1 aliphatic heterocycles. The molecule has 0 fully saturated rings. The van der Waals surface area contributed by atoms with Crippen LogP contribution in [0, 0.1) is 0 Å².